The van der Waals surface area contributed by atoms with Crippen LogP contribution in [0.4, 0.5) is 0 Å². The Morgan fingerprint density at radius 3 is 2.22 bits per heavy atom. The lowest BCUT2D eigenvalue weighted by molar-refractivity contribution is 0.104. The highest BCUT2D eigenvalue weighted by Gasteiger charge is 2.20. The van der Waals surface area contributed by atoms with Gasteiger partial charge < -0.3 is 0 Å². The monoisotopic (exact) mass is 349 g/mol. The van der Waals surface area contributed by atoms with Gasteiger partial charge in [-0.05, 0) is 18.2 Å². The zero-order chi connectivity index (χ0) is 18.2. The average Bonchev–Trinajstić information content (AvgIpc) is 3.09. The van der Waals surface area contributed by atoms with E-state index in [-0.39, 0.29) is 5.78 Å². The molecule has 0 saturated carbocycles. The summed E-state index contributed by atoms with van der Waals surface area (Å²) in [5.41, 5.74) is 3.11. The number of aromatic nitrogens is 3. The highest BCUT2D eigenvalue weighted by molar-refractivity contribution is 6.20. The Balaban J connectivity index is 1.90. The van der Waals surface area contributed by atoms with Crippen LogP contribution >= 0.6 is 0 Å². The molecular formula is C23H15N3O. The largest absolute Gasteiger partial charge is 0.289 e. The molecule has 0 aliphatic rings. The van der Waals surface area contributed by atoms with E-state index in [9.17, 15) is 4.79 Å². The standard InChI is InChI=1S/C23H15N3O/c27-22(16-8-2-1-3-9-16)19-12-6-11-18-17-10-4-5-13-20(17)26(21(18)19)23-24-14-7-15-25-23/h1-15H. The van der Waals surface area contributed by atoms with E-state index in [1.807, 2.05) is 71.3 Å². The number of hydrogen-bond acceptors (Lipinski definition) is 3. The van der Waals surface area contributed by atoms with Gasteiger partial charge in [0.1, 0.15) is 0 Å². The Labute approximate surface area is 155 Å². The van der Waals surface area contributed by atoms with Crippen LogP contribution in [0, 0.1) is 0 Å². The SMILES string of the molecule is O=C(c1ccccc1)c1cccc2c3ccccc3n(-c3ncccn3)c12. The molecule has 128 valence electrons. The van der Waals surface area contributed by atoms with Crippen LogP contribution in [0.15, 0.2) is 91.3 Å². The van der Waals surface area contributed by atoms with E-state index in [4.69, 9.17) is 0 Å². The van der Waals surface area contributed by atoms with Gasteiger partial charge in [0.25, 0.3) is 0 Å². The fourth-order valence-electron chi connectivity index (χ4n) is 3.56. The number of carbonyl (C=O) groups excluding carboxylic acids is 1. The molecule has 0 atom stereocenters. The molecular weight excluding hydrogens is 334 g/mol. The molecule has 0 saturated heterocycles. The lowest BCUT2D eigenvalue weighted by atomic mass is 10.0. The van der Waals surface area contributed by atoms with Gasteiger partial charge in [-0.2, -0.15) is 0 Å². The van der Waals surface area contributed by atoms with E-state index in [0.29, 0.717) is 17.1 Å². The molecule has 0 unspecified atom stereocenters. The predicted molar refractivity (Wildman–Crippen MR) is 106 cm³/mol. The number of hydrogen-bond donors (Lipinski definition) is 0. The van der Waals surface area contributed by atoms with E-state index >= 15 is 0 Å². The van der Waals surface area contributed by atoms with Gasteiger partial charge in [-0.15, -0.1) is 0 Å². The maximum Gasteiger partial charge on any atom is 0.234 e. The van der Waals surface area contributed by atoms with Crippen LogP contribution in [0.5, 0.6) is 0 Å². The van der Waals surface area contributed by atoms with Crippen molar-refractivity contribution in [1.82, 2.24) is 14.5 Å². The molecule has 27 heavy (non-hydrogen) atoms. The van der Waals surface area contributed by atoms with Gasteiger partial charge in [0.15, 0.2) is 5.78 Å². The topological polar surface area (TPSA) is 47.8 Å². The highest BCUT2D eigenvalue weighted by Crippen LogP contribution is 2.33. The van der Waals surface area contributed by atoms with Gasteiger partial charge in [-0.3, -0.25) is 9.36 Å². The maximum absolute atomic E-state index is 13.3. The number of nitrogens with zero attached hydrogens (tertiary/aromatic N) is 3. The molecule has 0 aliphatic heterocycles. The third-order valence-electron chi connectivity index (χ3n) is 4.73. The lowest BCUT2D eigenvalue weighted by Crippen LogP contribution is -2.06. The van der Waals surface area contributed by atoms with E-state index in [0.717, 1.165) is 21.8 Å². The lowest BCUT2D eigenvalue weighted by Gasteiger charge is -2.09. The Bertz CT molecular complexity index is 1270. The minimum Gasteiger partial charge on any atom is -0.289 e. The van der Waals surface area contributed by atoms with Crippen molar-refractivity contribution in [2.24, 2.45) is 0 Å². The van der Waals surface area contributed by atoms with Crippen molar-refractivity contribution >= 4 is 27.6 Å². The summed E-state index contributed by atoms with van der Waals surface area (Å²) in [6, 6.07) is 25.1. The first-order valence-corrected chi connectivity index (χ1v) is 8.74. The average molecular weight is 349 g/mol. The van der Waals surface area contributed by atoms with Crippen LogP contribution in [-0.2, 0) is 0 Å². The normalized spacial score (nSPS) is 11.1. The fourth-order valence-corrected chi connectivity index (χ4v) is 3.56. The zero-order valence-corrected chi connectivity index (χ0v) is 14.4. The summed E-state index contributed by atoms with van der Waals surface area (Å²) in [6.45, 7) is 0. The first kappa shape index (κ1) is 15.5. The van der Waals surface area contributed by atoms with E-state index in [1.54, 1.807) is 18.5 Å². The quantitative estimate of drug-likeness (QED) is 0.439. The highest BCUT2D eigenvalue weighted by atomic mass is 16.1. The van der Waals surface area contributed by atoms with E-state index in [1.165, 1.54) is 0 Å². The van der Waals surface area contributed by atoms with Gasteiger partial charge in [0.05, 0.1) is 11.0 Å². The van der Waals surface area contributed by atoms with Crippen molar-refractivity contribution in [3.05, 3.63) is 102 Å². The third kappa shape index (κ3) is 2.42. The van der Waals surface area contributed by atoms with Gasteiger partial charge in [-0.1, -0.05) is 60.7 Å². The molecule has 0 bridgehead atoms. The third-order valence-corrected chi connectivity index (χ3v) is 4.73. The maximum atomic E-state index is 13.3. The minimum atomic E-state index is -0.0128. The number of ketones is 1. The van der Waals surface area contributed by atoms with Crippen molar-refractivity contribution in [2.45, 2.75) is 0 Å². The van der Waals surface area contributed by atoms with Gasteiger partial charge >= 0.3 is 0 Å². The minimum absolute atomic E-state index is 0.0128. The number of para-hydroxylation sites is 2. The first-order valence-electron chi connectivity index (χ1n) is 8.74. The van der Waals surface area contributed by atoms with Gasteiger partial charge in [-0.25, -0.2) is 9.97 Å². The molecule has 0 amide bonds. The van der Waals surface area contributed by atoms with Crippen LogP contribution in [0.25, 0.3) is 27.8 Å². The number of carbonyl (C=O) groups is 1. The molecule has 0 fully saturated rings. The first-order chi connectivity index (χ1) is 13.3. The van der Waals surface area contributed by atoms with Crippen molar-refractivity contribution in [3.8, 4) is 5.95 Å². The summed E-state index contributed by atoms with van der Waals surface area (Å²) < 4.78 is 1.97. The van der Waals surface area contributed by atoms with Gasteiger partial charge in [0, 0.05) is 34.3 Å². The Kier molecular flexibility index (Phi) is 3.54. The molecule has 3 aromatic carbocycles. The molecule has 5 rings (SSSR count). The molecule has 0 N–H and O–H groups in total. The van der Waals surface area contributed by atoms with Gasteiger partial charge in [0.2, 0.25) is 5.95 Å². The molecule has 2 heterocycles. The molecule has 2 aromatic heterocycles. The Hall–Kier alpha value is -3.79. The van der Waals surface area contributed by atoms with Crippen LogP contribution < -0.4 is 0 Å². The summed E-state index contributed by atoms with van der Waals surface area (Å²) in [5.74, 6) is 0.540. The van der Waals surface area contributed by atoms with Crippen molar-refractivity contribution in [1.29, 1.82) is 0 Å². The number of benzene rings is 3. The van der Waals surface area contributed by atoms with E-state index < -0.39 is 0 Å². The molecule has 0 spiro atoms. The summed E-state index contributed by atoms with van der Waals surface area (Å²) in [7, 11) is 0. The van der Waals surface area contributed by atoms with E-state index in [2.05, 4.69) is 16.0 Å². The number of rotatable bonds is 3. The summed E-state index contributed by atoms with van der Waals surface area (Å²) >= 11 is 0. The van der Waals surface area contributed by atoms with Crippen molar-refractivity contribution in [2.75, 3.05) is 0 Å². The molecule has 4 heteroatoms. The Morgan fingerprint density at radius 2 is 1.41 bits per heavy atom. The van der Waals surface area contributed by atoms with Crippen LogP contribution in [0.3, 0.4) is 0 Å². The van der Waals surface area contributed by atoms with Crippen molar-refractivity contribution in [3.63, 3.8) is 0 Å². The molecule has 0 radical (unpaired) electrons. The molecule has 5 aromatic rings. The summed E-state index contributed by atoms with van der Waals surface area (Å²) in [5, 5.41) is 2.09. The van der Waals surface area contributed by atoms with Crippen LogP contribution in [-0.4, -0.2) is 20.3 Å². The summed E-state index contributed by atoms with van der Waals surface area (Å²) in [4.78, 5) is 22.1. The second-order valence-corrected chi connectivity index (χ2v) is 6.30. The molecule has 0 aliphatic carbocycles. The van der Waals surface area contributed by atoms with Crippen LogP contribution in [0.1, 0.15) is 15.9 Å². The predicted octanol–water partition coefficient (Wildman–Crippen LogP) is 4.80. The van der Waals surface area contributed by atoms with Crippen molar-refractivity contribution < 1.29 is 4.79 Å². The smallest absolute Gasteiger partial charge is 0.234 e. The number of fused-ring (bicyclic) bond motifs is 3. The fraction of sp³-hybridized carbons (Fsp3) is 0. The summed E-state index contributed by atoms with van der Waals surface area (Å²) in [6.07, 6.45) is 3.43. The second kappa shape index (κ2) is 6.18. The van der Waals surface area contributed by atoms with Crippen LogP contribution in [0.2, 0.25) is 0 Å². The molecule has 4 nitrogen and oxygen atoms in total. The zero-order valence-electron chi connectivity index (χ0n) is 14.4. The Morgan fingerprint density at radius 1 is 0.704 bits per heavy atom. The second-order valence-electron chi connectivity index (χ2n) is 6.30.